The number of rotatable bonds is 4. The summed E-state index contributed by atoms with van der Waals surface area (Å²) < 4.78 is 0. The standard InChI is InChI=1S/C10H19NO4/c1-2-3-7-4-11(6-9(13)14)5-8(12)10(7)15/h7-8,10,12,15H,2-6H2,1H3,(H,13,14)/t7-,8-,10-/m1/s1. The molecular weight excluding hydrogens is 198 g/mol. The van der Waals surface area contributed by atoms with E-state index in [1.54, 1.807) is 4.90 Å². The lowest BCUT2D eigenvalue weighted by molar-refractivity contribution is -0.141. The molecular formula is C10H19NO4. The minimum Gasteiger partial charge on any atom is -0.480 e. The molecule has 5 heteroatoms. The fraction of sp³-hybridized carbons (Fsp3) is 0.900. The average Bonchev–Trinajstić information content (AvgIpc) is 2.12. The van der Waals surface area contributed by atoms with E-state index in [1.165, 1.54) is 0 Å². The van der Waals surface area contributed by atoms with Crippen molar-refractivity contribution in [3.05, 3.63) is 0 Å². The lowest BCUT2D eigenvalue weighted by atomic mass is 9.89. The highest BCUT2D eigenvalue weighted by atomic mass is 16.4. The third-order valence-electron chi connectivity index (χ3n) is 2.83. The van der Waals surface area contributed by atoms with Crippen molar-refractivity contribution in [2.24, 2.45) is 5.92 Å². The SMILES string of the molecule is CCC[C@@H]1CN(CC(=O)O)C[C@@H](O)[C@@H]1O. The second kappa shape index (κ2) is 5.44. The molecule has 0 radical (unpaired) electrons. The molecule has 1 heterocycles. The molecule has 1 aliphatic heterocycles. The zero-order valence-corrected chi connectivity index (χ0v) is 8.96. The van der Waals surface area contributed by atoms with Gasteiger partial charge in [-0.3, -0.25) is 9.69 Å². The summed E-state index contributed by atoms with van der Waals surface area (Å²) in [5, 5.41) is 27.9. The van der Waals surface area contributed by atoms with Crippen LogP contribution in [0.2, 0.25) is 0 Å². The van der Waals surface area contributed by atoms with Crippen LogP contribution in [-0.4, -0.2) is 58.0 Å². The van der Waals surface area contributed by atoms with Crippen LogP contribution in [0.25, 0.3) is 0 Å². The molecule has 0 bridgehead atoms. The maximum Gasteiger partial charge on any atom is 0.317 e. The molecule has 1 rings (SSSR count). The summed E-state index contributed by atoms with van der Waals surface area (Å²) >= 11 is 0. The van der Waals surface area contributed by atoms with E-state index >= 15 is 0 Å². The first-order valence-electron chi connectivity index (χ1n) is 5.34. The molecule has 88 valence electrons. The maximum atomic E-state index is 10.5. The van der Waals surface area contributed by atoms with Crippen LogP contribution in [0.1, 0.15) is 19.8 Å². The fourth-order valence-electron chi connectivity index (χ4n) is 2.15. The summed E-state index contributed by atoms with van der Waals surface area (Å²) in [6.07, 6.45) is 0.202. The molecule has 0 aromatic heterocycles. The van der Waals surface area contributed by atoms with Crippen molar-refractivity contribution in [3.8, 4) is 0 Å². The highest BCUT2D eigenvalue weighted by Gasteiger charge is 2.34. The second-order valence-electron chi connectivity index (χ2n) is 4.19. The van der Waals surface area contributed by atoms with Gasteiger partial charge in [0.05, 0.1) is 18.8 Å². The number of aliphatic carboxylic acids is 1. The van der Waals surface area contributed by atoms with Gasteiger partial charge in [0.1, 0.15) is 0 Å². The average molecular weight is 217 g/mol. The Labute approximate surface area is 89.3 Å². The molecule has 0 unspecified atom stereocenters. The van der Waals surface area contributed by atoms with Crippen molar-refractivity contribution in [2.45, 2.75) is 32.0 Å². The number of aliphatic hydroxyl groups excluding tert-OH is 2. The third kappa shape index (κ3) is 3.44. The number of likely N-dealkylation sites (tertiary alicyclic amines) is 1. The zero-order chi connectivity index (χ0) is 11.4. The van der Waals surface area contributed by atoms with Crippen LogP contribution in [0.15, 0.2) is 0 Å². The fourth-order valence-corrected chi connectivity index (χ4v) is 2.15. The number of hydrogen-bond acceptors (Lipinski definition) is 4. The van der Waals surface area contributed by atoms with Gasteiger partial charge in [0.15, 0.2) is 0 Å². The molecule has 0 aromatic carbocycles. The predicted octanol–water partition coefficient (Wildman–Crippen LogP) is -0.475. The summed E-state index contributed by atoms with van der Waals surface area (Å²) in [5.74, 6) is -0.910. The number of nitrogens with zero attached hydrogens (tertiary/aromatic N) is 1. The zero-order valence-electron chi connectivity index (χ0n) is 8.96. The summed E-state index contributed by atoms with van der Waals surface area (Å²) in [5.41, 5.74) is 0. The number of piperidine rings is 1. The van der Waals surface area contributed by atoms with Gasteiger partial charge in [-0.15, -0.1) is 0 Å². The Hall–Kier alpha value is -0.650. The van der Waals surface area contributed by atoms with E-state index < -0.39 is 18.2 Å². The van der Waals surface area contributed by atoms with Gasteiger partial charge in [-0.2, -0.15) is 0 Å². The van der Waals surface area contributed by atoms with Crippen molar-refractivity contribution in [1.29, 1.82) is 0 Å². The Morgan fingerprint density at radius 1 is 1.40 bits per heavy atom. The molecule has 15 heavy (non-hydrogen) atoms. The minimum atomic E-state index is -0.895. The van der Waals surface area contributed by atoms with Gasteiger partial charge in [-0.1, -0.05) is 13.3 Å². The van der Waals surface area contributed by atoms with Crippen LogP contribution >= 0.6 is 0 Å². The molecule has 3 atom stereocenters. The minimum absolute atomic E-state index is 0.0156. The number of carboxylic acid groups (broad SMARTS) is 1. The highest BCUT2D eigenvalue weighted by molar-refractivity contribution is 5.69. The number of carbonyl (C=O) groups is 1. The van der Waals surface area contributed by atoms with Crippen LogP contribution in [0.3, 0.4) is 0 Å². The molecule has 1 fully saturated rings. The first-order valence-corrected chi connectivity index (χ1v) is 5.34. The molecule has 1 aliphatic rings. The van der Waals surface area contributed by atoms with Crippen LogP contribution < -0.4 is 0 Å². The van der Waals surface area contributed by atoms with Crippen molar-refractivity contribution >= 4 is 5.97 Å². The largest absolute Gasteiger partial charge is 0.480 e. The van der Waals surface area contributed by atoms with E-state index in [9.17, 15) is 15.0 Å². The molecule has 1 saturated heterocycles. The molecule has 5 nitrogen and oxygen atoms in total. The summed E-state index contributed by atoms with van der Waals surface area (Å²) in [4.78, 5) is 12.2. The van der Waals surface area contributed by atoms with Gasteiger partial charge in [-0.25, -0.2) is 0 Å². The van der Waals surface area contributed by atoms with Crippen molar-refractivity contribution < 1.29 is 20.1 Å². The smallest absolute Gasteiger partial charge is 0.317 e. The van der Waals surface area contributed by atoms with Crippen molar-refractivity contribution in [3.63, 3.8) is 0 Å². The Morgan fingerprint density at radius 3 is 2.60 bits per heavy atom. The van der Waals surface area contributed by atoms with E-state index in [0.717, 1.165) is 12.8 Å². The van der Waals surface area contributed by atoms with Gasteiger partial charge >= 0.3 is 5.97 Å². The first-order chi connectivity index (χ1) is 7.04. The van der Waals surface area contributed by atoms with E-state index in [-0.39, 0.29) is 19.0 Å². The van der Waals surface area contributed by atoms with E-state index in [4.69, 9.17) is 5.11 Å². The molecule has 0 saturated carbocycles. The monoisotopic (exact) mass is 217 g/mol. The first kappa shape index (κ1) is 12.4. The lowest BCUT2D eigenvalue weighted by Gasteiger charge is -2.38. The maximum absolute atomic E-state index is 10.5. The lowest BCUT2D eigenvalue weighted by Crippen LogP contribution is -2.53. The Bertz CT molecular complexity index is 221. The van der Waals surface area contributed by atoms with Crippen LogP contribution in [-0.2, 0) is 4.79 Å². The Morgan fingerprint density at radius 2 is 2.07 bits per heavy atom. The van der Waals surface area contributed by atoms with E-state index in [0.29, 0.717) is 6.54 Å². The molecule has 3 N–H and O–H groups in total. The van der Waals surface area contributed by atoms with Crippen molar-refractivity contribution in [2.75, 3.05) is 19.6 Å². The summed E-state index contributed by atoms with van der Waals surface area (Å²) in [6.45, 7) is 2.74. The van der Waals surface area contributed by atoms with E-state index in [2.05, 4.69) is 0 Å². The van der Waals surface area contributed by atoms with Crippen LogP contribution in [0.5, 0.6) is 0 Å². The van der Waals surface area contributed by atoms with E-state index in [1.807, 2.05) is 6.92 Å². The highest BCUT2D eigenvalue weighted by Crippen LogP contribution is 2.21. The van der Waals surface area contributed by atoms with Gasteiger partial charge in [0.25, 0.3) is 0 Å². The molecule has 0 spiro atoms. The number of hydrogen-bond donors (Lipinski definition) is 3. The quantitative estimate of drug-likeness (QED) is 0.593. The van der Waals surface area contributed by atoms with Crippen LogP contribution in [0, 0.1) is 5.92 Å². The Balaban J connectivity index is 2.54. The topological polar surface area (TPSA) is 81.0 Å². The molecule has 0 aliphatic carbocycles. The normalized spacial score (nSPS) is 32.9. The summed E-state index contributed by atoms with van der Waals surface area (Å²) in [7, 11) is 0. The number of carboxylic acids is 1. The molecule has 0 amide bonds. The second-order valence-corrected chi connectivity index (χ2v) is 4.19. The summed E-state index contributed by atoms with van der Waals surface area (Å²) in [6, 6.07) is 0. The number of aliphatic hydroxyl groups is 2. The van der Waals surface area contributed by atoms with Gasteiger partial charge in [0.2, 0.25) is 0 Å². The number of β-amino-alcohol motifs (C(OH)–C–C–N with tert-alkyl or cyclic N) is 1. The van der Waals surface area contributed by atoms with Crippen LogP contribution in [0.4, 0.5) is 0 Å². The van der Waals surface area contributed by atoms with Gasteiger partial charge < -0.3 is 15.3 Å². The third-order valence-corrected chi connectivity index (χ3v) is 2.83. The van der Waals surface area contributed by atoms with Gasteiger partial charge in [0, 0.05) is 19.0 Å². The van der Waals surface area contributed by atoms with Crippen molar-refractivity contribution in [1.82, 2.24) is 4.90 Å². The molecule has 0 aromatic rings. The Kier molecular flexibility index (Phi) is 4.50. The predicted molar refractivity (Wildman–Crippen MR) is 54.5 cm³/mol. The van der Waals surface area contributed by atoms with Gasteiger partial charge in [-0.05, 0) is 6.42 Å².